The Kier molecular flexibility index (Phi) is 3.31. The van der Waals surface area contributed by atoms with E-state index in [9.17, 15) is 19.5 Å². The number of nitrogens with zero attached hydrogens (tertiary/aromatic N) is 3. The van der Waals surface area contributed by atoms with Crippen LogP contribution in [0, 0.1) is 6.92 Å². The molecule has 0 fully saturated rings. The number of phenolic OH excluding ortho intramolecular Hbond substituents is 1. The lowest BCUT2D eigenvalue weighted by molar-refractivity contribution is 0.0893. The van der Waals surface area contributed by atoms with Gasteiger partial charge in [0, 0.05) is 25.0 Å². The Morgan fingerprint density at radius 2 is 1.48 bits per heavy atom. The van der Waals surface area contributed by atoms with Crippen molar-refractivity contribution < 1.29 is 14.7 Å². The predicted molar refractivity (Wildman–Crippen MR) is 110 cm³/mol. The van der Waals surface area contributed by atoms with Crippen molar-refractivity contribution in [3.8, 4) is 5.75 Å². The quantitative estimate of drug-likeness (QED) is 0.509. The van der Waals surface area contributed by atoms with Gasteiger partial charge in [0.15, 0.2) is 0 Å². The highest BCUT2D eigenvalue weighted by Gasteiger charge is 2.35. The van der Waals surface area contributed by atoms with Crippen LogP contribution in [0.5, 0.6) is 5.75 Å². The van der Waals surface area contributed by atoms with Crippen LogP contribution in [0.1, 0.15) is 26.3 Å². The highest BCUT2D eigenvalue weighted by atomic mass is 16.3. The normalized spacial score (nSPS) is 13.7. The summed E-state index contributed by atoms with van der Waals surface area (Å²) in [6.45, 7) is 1.80. The van der Waals surface area contributed by atoms with Gasteiger partial charge in [-0.3, -0.25) is 18.7 Å². The molecular formula is C22H17N3O4. The SMILES string of the molecule is Cc1cc2c(cc1N1C(=O)c3cccc4cc(O)cc(c34)C1=O)n(C)c(=O)n2C. The van der Waals surface area contributed by atoms with Gasteiger partial charge in [0.2, 0.25) is 0 Å². The van der Waals surface area contributed by atoms with E-state index in [0.717, 1.165) is 10.4 Å². The number of hydrogen-bond acceptors (Lipinski definition) is 4. The number of rotatable bonds is 1. The highest BCUT2D eigenvalue weighted by Crippen LogP contribution is 2.37. The number of imide groups is 1. The molecule has 0 saturated heterocycles. The second-order valence-corrected chi connectivity index (χ2v) is 7.37. The van der Waals surface area contributed by atoms with Crippen LogP contribution in [0.25, 0.3) is 21.8 Å². The molecule has 0 unspecified atom stereocenters. The second-order valence-electron chi connectivity index (χ2n) is 7.37. The van der Waals surface area contributed by atoms with E-state index in [0.29, 0.717) is 33.1 Å². The first-order valence-corrected chi connectivity index (χ1v) is 9.10. The number of fused-ring (bicyclic) bond motifs is 1. The zero-order valence-electron chi connectivity index (χ0n) is 16.1. The minimum absolute atomic E-state index is 0.0371. The van der Waals surface area contributed by atoms with Crippen molar-refractivity contribution in [3.63, 3.8) is 0 Å². The molecule has 29 heavy (non-hydrogen) atoms. The summed E-state index contributed by atoms with van der Waals surface area (Å²) in [6, 6.07) is 11.6. The first-order valence-electron chi connectivity index (χ1n) is 9.10. The monoisotopic (exact) mass is 387 g/mol. The Hall–Kier alpha value is -3.87. The van der Waals surface area contributed by atoms with E-state index in [2.05, 4.69) is 0 Å². The molecule has 0 atom stereocenters. The molecule has 0 spiro atoms. The van der Waals surface area contributed by atoms with Gasteiger partial charge >= 0.3 is 5.69 Å². The topological polar surface area (TPSA) is 84.5 Å². The first-order chi connectivity index (χ1) is 13.8. The minimum Gasteiger partial charge on any atom is -0.508 e. The van der Waals surface area contributed by atoms with Crippen molar-refractivity contribution in [2.75, 3.05) is 4.90 Å². The third-order valence-corrected chi connectivity index (χ3v) is 5.66. The van der Waals surface area contributed by atoms with Crippen LogP contribution in [0.15, 0.2) is 47.3 Å². The molecule has 7 nitrogen and oxygen atoms in total. The van der Waals surface area contributed by atoms with Crippen LogP contribution in [0.3, 0.4) is 0 Å². The Bertz CT molecular complexity index is 1460. The summed E-state index contributed by atoms with van der Waals surface area (Å²) in [4.78, 5) is 40.1. The molecule has 2 amide bonds. The Morgan fingerprint density at radius 3 is 2.21 bits per heavy atom. The number of carbonyl (C=O) groups is 2. The van der Waals surface area contributed by atoms with Gasteiger partial charge in [-0.05, 0) is 48.2 Å². The number of hydrogen-bond donors (Lipinski definition) is 1. The summed E-state index contributed by atoms with van der Waals surface area (Å²) >= 11 is 0. The Morgan fingerprint density at radius 1 is 0.828 bits per heavy atom. The van der Waals surface area contributed by atoms with Crippen molar-refractivity contribution in [3.05, 3.63) is 69.6 Å². The predicted octanol–water partition coefficient (Wildman–Crippen LogP) is 2.84. The third-order valence-electron chi connectivity index (χ3n) is 5.66. The number of imidazole rings is 1. The van der Waals surface area contributed by atoms with Crippen LogP contribution in [-0.2, 0) is 14.1 Å². The van der Waals surface area contributed by atoms with Crippen LogP contribution in [0.2, 0.25) is 0 Å². The molecule has 1 N–H and O–H groups in total. The lowest BCUT2D eigenvalue weighted by atomic mass is 9.93. The summed E-state index contributed by atoms with van der Waals surface area (Å²) < 4.78 is 3.01. The molecule has 1 aliphatic heterocycles. The summed E-state index contributed by atoms with van der Waals surface area (Å²) in [6.07, 6.45) is 0. The number of aryl methyl sites for hydroxylation is 3. The lowest BCUT2D eigenvalue weighted by Gasteiger charge is -2.28. The number of anilines is 1. The van der Waals surface area contributed by atoms with Gasteiger partial charge in [-0.15, -0.1) is 0 Å². The molecule has 3 aromatic carbocycles. The molecule has 0 bridgehead atoms. The van der Waals surface area contributed by atoms with E-state index in [4.69, 9.17) is 0 Å². The van der Waals surface area contributed by atoms with Crippen LogP contribution in [-0.4, -0.2) is 26.1 Å². The van der Waals surface area contributed by atoms with E-state index in [1.54, 1.807) is 51.4 Å². The van der Waals surface area contributed by atoms with E-state index in [1.165, 1.54) is 21.3 Å². The fourth-order valence-corrected chi connectivity index (χ4v) is 4.19. The summed E-state index contributed by atoms with van der Waals surface area (Å²) in [5, 5.41) is 11.2. The Labute approximate surface area is 165 Å². The molecule has 4 aromatic rings. The maximum Gasteiger partial charge on any atom is 0.328 e. The van der Waals surface area contributed by atoms with Gasteiger partial charge in [-0.2, -0.15) is 0 Å². The van der Waals surface area contributed by atoms with Crippen LogP contribution >= 0.6 is 0 Å². The maximum absolute atomic E-state index is 13.3. The molecular weight excluding hydrogens is 370 g/mol. The standard InChI is InChI=1S/C22H17N3O4/c1-11-7-17-18(24(3)22(29)23(17)2)10-16(11)25-20(27)14-6-4-5-12-8-13(26)9-15(19(12)14)21(25)28/h4-10,26H,1-3H3. The van der Waals surface area contributed by atoms with Gasteiger partial charge in [0.1, 0.15) is 5.75 Å². The number of phenols is 1. The fraction of sp³-hybridized carbons (Fsp3) is 0.136. The van der Waals surface area contributed by atoms with Crippen LogP contribution in [0.4, 0.5) is 5.69 Å². The molecule has 2 heterocycles. The van der Waals surface area contributed by atoms with Crippen molar-refractivity contribution in [1.82, 2.24) is 9.13 Å². The smallest absolute Gasteiger partial charge is 0.328 e. The second kappa shape index (κ2) is 5.57. The average Bonchev–Trinajstić information content (AvgIpc) is 2.89. The number of amides is 2. The Balaban J connectivity index is 1.81. The van der Waals surface area contributed by atoms with E-state index >= 15 is 0 Å². The van der Waals surface area contributed by atoms with Crippen LogP contribution < -0.4 is 10.6 Å². The fourth-order valence-electron chi connectivity index (χ4n) is 4.19. The maximum atomic E-state index is 13.3. The van der Waals surface area contributed by atoms with Crippen molar-refractivity contribution in [2.24, 2.45) is 14.1 Å². The first kappa shape index (κ1) is 17.2. The largest absolute Gasteiger partial charge is 0.508 e. The summed E-state index contributed by atoms with van der Waals surface area (Å²) in [7, 11) is 3.33. The lowest BCUT2D eigenvalue weighted by Crippen LogP contribution is -2.40. The minimum atomic E-state index is -0.502. The molecule has 7 heteroatoms. The number of aromatic hydroxyl groups is 1. The van der Waals surface area contributed by atoms with Gasteiger partial charge in [-0.1, -0.05) is 12.1 Å². The van der Waals surface area contributed by atoms with E-state index in [-0.39, 0.29) is 17.0 Å². The van der Waals surface area contributed by atoms with Gasteiger partial charge in [-0.25, -0.2) is 9.69 Å². The van der Waals surface area contributed by atoms with Crippen molar-refractivity contribution in [2.45, 2.75) is 6.92 Å². The van der Waals surface area contributed by atoms with Crippen molar-refractivity contribution in [1.29, 1.82) is 0 Å². The zero-order chi connectivity index (χ0) is 20.6. The van der Waals surface area contributed by atoms with Crippen molar-refractivity contribution >= 4 is 39.3 Å². The number of benzene rings is 3. The molecule has 144 valence electrons. The molecule has 0 aliphatic carbocycles. The van der Waals surface area contributed by atoms with Gasteiger partial charge in [0.25, 0.3) is 11.8 Å². The molecule has 1 aliphatic rings. The molecule has 0 saturated carbocycles. The van der Waals surface area contributed by atoms with E-state index in [1.807, 2.05) is 0 Å². The van der Waals surface area contributed by atoms with Gasteiger partial charge < -0.3 is 5.11 Å². The zero-order valence-corrected chi connectivity index (χ0v) is 16.1. The molecule has 0 radical (unpaired) electrons. The highest BCUT2D eigenvalue weighted by molar-refractivity contribution is 6.36. The van der Waals surface area contributed by atoms with Gasteiger partial charge in [0.05, 0.1) is 22.3 Å². The number of aromatic nitrogens is 2. The molecule has 5 rings (SSSR count). The number of carbonyl (C=O) groups excluding carboxylic acids is 2. The summed E-state index contributed by atoms with van der Waals surface area (Å²) in [5.41, 5.74) is 2.94. The average molecular weight is 387 g/mol. The molecule has 1 aromatic heterocycles. The summed E-state index contributed by atoms with van der Waals surface area (Å²) in [5.74, 6) is -0.968. The third kappa shape index (κ3) is 2.15. The van der Waals surface area contributed by atoms with E-state index < -0.39 is 11.8 Å².